The number of carbonyl (C=O) groups excluding carboxylic acids is 1. The minimum Gasteiger partial charge on any atom is -0.378 e. The number of ether oxygens (including phenoxy) is 1. The van der Waals surface area contributed by atoms with Crippen molar-refractivity contribution in [1.29, 1.82) is 0 Å². The van der Waals surface area contributed by atoms with E-state index in [9.17, 15) is 14.4 Å². The zero-order chi connectivity index (χ0) is 25.5. The molecule has 1 amide bonds. The molecule has 1 aliphatic rings. The van der Waals surface area contributed by atoms with Gasteiger partial charge in [-0.2, -0.15) is 4.98 Å². The van der Waals surface area contributed by atoms with Gasteiger partial charge in [-0.15, -0.1) is 0 Å². The maximum atomic E-state index is 13.2. The Morgan fingerprint density at radius 3 is 2.46 bits per heavy atom. The molecule has 2 heterocycles. The van der Waals surface area contributed by atoms with Crippen LogP contribution in [-0.2, 0) is 16.1 Å². The van der Waals surface area contributed by atoms with Gasteiger partial charge >= 0.3 is 11.4 Å². The molecule has 1 N–H and O–H groups in total. The lowest BCUT2D eigenvalue weighted by atomic mass is 10.2. The standard InChI is InChI=1S/C25H30ClN5O4/c1-5-20(22(32)29-12-14-35-15-13-29)9-6-18(4)27-23-28-24(33)31(17(2)3)25(34)30(23)16-19-7-10-21(26)11-8-19/h5-11,17H,1,12-16H2,2-4H3,(H,27,28,33)/b18-6+,20-9+. The van der Waals surface area contributed by atoms with Gasteiger partial charge in [-0.25, -0.2) is 14.2 Å². The van der Waals surface area contributed by atoms with Gasteiger partial charge in [0, 0.05) is 35.4 Å². The lowest BCUT2D eigenvalue weighted by molar-refractivity contribution is -0.130. The summed E-state index contributed by atoms with van der Waals surface area (Å²) in [6, 6.07) is 6.73. The number of anilines is 1. The maximum Gasteiger partial charge on any atom is 0.355 e. The van der Waals surface area contributed by atoms with E-state index in [4.69, 9.17) is 16.3 Å². The first-order chi connectivity index (χ1) is 16.7. The predicted octanol–water partition coefficient (Wildman–Crippen LogP) is 2.97. The number of carbonyl (C=O) groups is 1. The largest absolute Gasteiger partial charge is 0.378 e. The van der Waals surface area contributed by atoms with Crippen molar-refractivity contribution in [2.45, 2.75) is 33.4 Å². The number of nitrogens with zero attached hydrogens (tertiary/aromatic N) is 4. The van der Waals surface area contributed by atoms with E-state index in [1.807, 2.05) is 12.1 Å². The highest BCUT2D eigenvalue weighted by Gasteiger charge is 2.19. The van der Waals surface area contributed by atoms with Crippen LogP contribution in [0.25, 0.3) is 0 Å². The summed E-state index contributed by atoms with van der Waals surface area (Å²) in [6.45, 7) is 11.3. The van der Waals surface area contributed by atoms with Gasteiger partial charge < -0.3 is 15.0 Å². The average Bonchev–Trinajstić information content (AvgIpc) is 2.83. The second-order valence-electron chi connectivity index (χ2n) is 8.38. The summed E-state index contributed by atoms with van der Waals surface area (Å²) in [5.41, 5.74) is 0.710. The smallest absolute Gasteiger partial charge is 0.355 e. The van der Waals surface area contributed by atoms with Gasteiger partial charge in [0.25, 0.3) is 5.91 Å². The SMILES string of the molecule is C=C/C(=C\C=C(/C)Nc1nc(=O)n(C(C)C)c(=O)n1Cc1ccc(Cl)cc1)C(=O)N1CCOCC1. The maximum absolute atomic E-state index is 13.2. The van der Waals surface area contributed by atoms with E-state index in [0.717, 1.165) is 10.1 Å². The summed E-state index contributed by atoms with van der Waals surface area (Å²) in [5, 5.41) is 3.62. The second kappa shape index (κ2) is 11.8. The number of halogens is 1. The quantitative estimate of drug-likeness (QED) is 0.443. The van der Waals surface area contributed by atoms with Crippen LogP contribution in [0.5, 0.6) is 0 Å². The number of morpholine rings is 1. The molecule has 0 radical (unpaired) electrons. The molecule has 1 fully saturated rings. The van der Waals surface area contributed by atoms with Crippen LogP contribution in [0.15, 0.2) is 69.9 Å². The van der Waals surface area contributed by atoms with Crippen LogP contribution in [0.3, 0.4) is 0 Å². The number of benzene rings is 1. The Morgan fingerprint density at radius 1 is 1.20 bits per heavy atom. The van der Waals surface area contributed by atoms with E-state index in [2.05, 4.69) is 16.9 Å². The first kappa shape index (κ1) is 26.2. The van der Waals surface area contributed by atoms with E-state index in [0.29, 0.717) is 42.6 Å². The number of allylic oxidation sites excluding steroid dienone is 3. The highest BCUT2D eigenvalue weighted by molar-refractivity contribution is 6.30. The van der Waals surface area contributed by atoms with Gasteiger partial charge in [-0.1, -0.05) is 36.4 Å². The molecule has 0 atom stereocenters. The molecule has 1 aromatic carbocycles. The van der Waals surface area contributed by atoms with Gasteiger partial charge in [0.15, 0.2) is 0 Å². The van der Waals surface area contributed by atoms with Crippen LogP contribution in [0, 0.1) is 0 Å². The van der Waals surface area contributed by atoms with Crippen molar-refractivity contribution >= 4 is 23.5 Å². The van der Waals surface area contributed by atoms with E-state index in [1.54, 1.807) is 50.0 Å². The number of hydrogen-bond donors (Lipinski definition) is 1. The minimum atomic E-state index is -0.641. The lowest BCUT2D eigenvalue weighted by Gasteiger charge is -2.27. The van der Waals surface area contributed by atoms with E-state index in [1.165, 1.54) is 10.6 Å². The predicted molar refractivity (Wildman–Crippen MR) is 137 cm³/mol. The fourth-order valence-corrected chi connectivity index (χ4v) is 3.69. The van der Waals surface area contributed by atoms with Gasteiger partial charge in [0.05, 0.1) is 19.8 Å². The average molecular weight is 500 g/mol. The molecular formula is C25H30ClN5O4. The van der Waals surface area contributed by atoms with E-state index < -0.39 is 11.4 Å². The molecule has 1 saturated heterocycles. The fraction of sp³-hybridized carbons (Fsp3) is 0.360. The Morgan fingerprint density at radius 2 is 1.86 bits per heavy atom. The molecule has 1 aromatic heterocycles. The molecule has 10 heteroatoms. The second-order valence-corrected chi connectivity index (χ2v) is 8.82. The third-order valence-corrected chi connectivity index (χ3v) is 5.71. The summed E-state index contributed by atoms with van der Waals surface area (Å²) >= 11 is 5.99. The van der Waals surface area contributed by atoms with Crippen LogP contribution in [0.2, 0.25) is 5.02 Å². The fourth-order valence-electron chi connectivity index (χ4n) is 3.57. The molecule has 1 aliphatic heterocycles. The monoisotopic (exact) mass is 499 g/mol. The van der Waals surface area contributed by atoms with Crippen molar-refractivity contribution < 1.29 is 9.53 Å². The van der Waals surface area contributed by atoms with Crippen LogP contribution in [0.4, 0.5) is 5.95 Å². The molecule has 2 aromatic rings. The zero-order valence-corrected chi connectivity index (χ0v) is 20.9. The van der Waals surface area contributed by atoms with Gasteiger partial charge in [0.1, 0.15) is 0 Å². The first-order valence-corrected chi connectivity index (χ1v) is 11.7. The van der Waals surface area contributed by atoms with Crippen LogP contribution in [-0.4, -0.2) is 51.2 Å². The molecule has 186 valence electrons. The van der Waals surface area contributed by atoms with E-state index >= 15 is 0 Å². The molecule has 0 aliphatic carbocycles. The van der Waals surface area contributed by atoms with Gasteiger partial charge in [-0.3, -0.25) is 9.36 Å². The Bertz CT molecular complexity index is 1250. The number of nitrogens with one attached hydrogen (secondary N) is 1. The summed E-state index contributed by atoms with van der Waals surface area (Å²) in [6.07, 6.45) is 4.83. The Balaban J connectivity index is 1.93. The first-order valence-electron chi connectivity index (χ1n) is 11.3. The Labute approximate surface area is 209 Å². The van der Waals surface area contributed by atoms with Gasteiger partial charge in [-0.05, 0) is 50.6 Å². The third kappa shape index (κ3) is 6.58. The summed E-state index contributed by atoms with van der Waals surface area (Å²) in [4.78, 5) is 44.4. The highest BCUT2D eigenvalue weighted by Crippen LogP contribution is 2.13. The van der Waals surface area contributed by atoms with Crippen LogP contribution in [0.1, 0.15) is 32.4 Å². The lowest BCUT2D eigenvalue weighted by Crippen LogP contribution is -2.43. The normalized spacial score (nSPS) is 14.8. The highest BCUT2D eigenvalue weighted by atomic mass is 35.5. The van der Waals surface area contributed by atoms with Gasteiger partial charge in [0.2, 0.25) is 5.95 Å². The molecule has 0 bridgehead atoms. The van der Waals surface area contributed by atoms with Crippen molar-refractivity contribution in [3.8, 4) is 0 Å². The number of amides is 1. The van der Waals surface area contributed by atoms with Crippen molar-refractivity contribution in [3.63, 3.8) is 0 Å². The molecule has 0 unspecified atom stereocenters. The van der Waals surface area contributed by atoms with Crippen molar-refractivity contribution in [1.82, 2.24) is 19.0 Å². The topological polar surface area (TPSA) is 98.5 Å². The third-order valence-electron chi connectivity index (χ3n) is 5.46. The number of hydrogen-bond acceptors (Lipinski definition) is 6. The summed E-state index contributed by atoms with van der Waals surface area (Å²) < 4.78 is 7.81. The van der Waals surface area contributed by atoms with Crippen molar-refractivity contribution in [2.75, 3.05) is 31.6 Å². The van der Waals surface area contributed by atoms with Crippen LogP contribution < -0.4 is 16.7 Å². The molecule has 35 heavy (non-hydrogen) atoms. The Hall–Kier alpha value is -3.43. The molecule has 0 spiro atoms. The molecular weight excluding hydrogens is 470 g/mol. The molecule has 0 saturated carbocycles. The van der Waals surface area contributed by atoms with Crippen molar-refractivity contribution in [3.05, 3.63) is 91.9 Å². The number of rotatable bonds is 8. The van der Waals surface area contributed by atoms with Crippen molar-refractivity contribution in [2.24, 2.45) is 0 Å². The summed E-state index contributed by atoms with van der Waals surface area (Å²) in [7, 11) is 0. The molecule has 9 nitrogen and oxygen atoms in total. The summed E-state index contributed by atoms with van der Waals surface area (Å²) in [5.74, 6) is -0.0293. The molecule has 3 rings (SSSR count). The van der Waals surface area contributed by atoms with E-state index in [-0.39, 0.29) is 24.4 Å². The Kier molecular flexibility index (Phi) is 8.84. The number of aromatic nitrogens is 3. The minimum absolute atomic E-state index is 0.105. The van der Waals surface area contributed by atoms with Crippen LogP contribution >= 0.6 is 11.6 Å². The zero-order valence-electron chi connectivity index (χ0n) is 20.2.